The van der Waals surface area contributed by atoms with Gasteiger partial charge in [-0.15, -0.1) is 0 Å². The maximum atomic E-state index is 12.3. The lowest BCUT2D eigenvalue weighted by Crippen LogP contribution is -2.47. The number of hydrogen-bond donors (Lipinski definition) is 1. The van der Waals surface area contributed by atoms with Gasteiger partial charge in [0, 0.05) is 22.2 Å². The van der Waals surface area contributed by atoms with Crippen LogP contribution in [0.1, 0.15) is 10.4 Å². The van der Waals surface area contributed by atoms with Gasteiger partial charge in [-0.2, -0.15) is 0 Å². The summed E-state index contributed by atoms with van der Waals surface area (Å²) >= 11 is 20.9. The first kappa shape index (κ1) is 19.8. The molecule has 25 heavy (non-hydrogen) atoms. The van der Waals surface area contributed by atoms with Gasteiger partial charge in [0.25, 0.3) is 11.6 Å². The number of alkyl halides is 3. The third kappa shape index (κ3) is 5.74. The monoisotopic (exact) mass is 466 g/mol. The summed E-state index contributed by atoms with van der Waals surface area (Å²) in [5.41, 5.74) is 0.228. The van der Waals surface area contributed by atoms with Crippen molar-refractivity contribution in [1.29, 1.82) is 0 Å². The second-order valence-corrected chi connectivity index (χ2v) is 8.06. The van der Waals surface area contributed by atoms with Crippen LogP contribution in [0.2, 0.25) is 0 Å². The summed E-state index contributed by atoms with van der Waals surface area (Å²) in [5.74, 6) is -0.316. The smallest absolute Gasteiger partial charge is 0.269 e. The highest BCUT2D eigenvalue weighted by Gasteiger charge is 2.36. The Morgan fingerprint density at radius 2 is 1.68 bits per heavy atom. The average molecular weight is 469 g/mol. The number of carbonyl (C=O) groups excluding carboxylic acids is 1. The number of benzene rings is 2. The summed E-state index contributed by atoms with van der Waals surface area (Å²) in [6, 6.07) is 11.7. The van der Waals surface area contributed by atoms with Gasteiger partial charge in [0.15, 0.2) is 0 Å². The van der Waals surface area contributed by atoms with Gasteiger partial charge in [-0.1, -0.05) is 50.7 Å². The zero-order valence-electron chi connectivity index (χ0n) is 12.3. The second kappa shape index (κ2) is 8.23. The average Bonchev–Trinajstić information content (AvgIpc) is 2.54. The van der Waals surface area contributed by atoms with E-state index < -0.39 is 20.9 Å². The Morgan fingerprint density at radius 3 is 2.16 bits per heavy atom. The Balaban J connectivity index is 2.15. The molecular formula is C15H10BrCl3N2O4. The number of nitro groups is 1. The molecule has 0 heterocycles. The summed E-state index contributed by atoms with van der Waals surface area (Å²) < 4.78 is 4.31. The Hall–Kier alpha value is -1.54. The van der Waals surface area contributed by atoms with Gasteiger partial charge in [0.1, 0.15) is 5.75 Å². The molecule has 0 aromatic heterocycles. The lowest BCUT2D eigenvalue weighted by atomic mass is 10.2. The maximum absolute atomic E-state index is 12.3. The SMILES string of the molecule is O=C(N[C@@H](Oc1ccc([N+](=O)[O-])cc1)C(Cl)(Cl)Cl)c1ccc(Br)cc1. The molecule has 0 fully saturated rings. The van der Waals surface area contributed by atoms with E-state index >= 15 is 0 Å². The number of nitro benzene ring substituents is 1. The van der Waals surface area contributed by atoms with Crippen molar-refractivity contribution in [2.75, 3.05) is 0 Å². The molecule has 1 N–H and O–H groups in total. The number of hydrogen-bond acceptors (Lipinski definition) is 4. The van der Waals surface area contributed by atoms with Gasteiger partial charge in [-0.05, 0) is 36.4 Å². The number of halogens is 4. The summed E-state index contributed by atoms with van der Waals surface area (Å²) in [6.07, 6.45) is -1.31. The lowest BCUT2D eigenvalue weighted by molar-refractivity contribution is -0.384. The molecule has 1 amide bonds. The fourth-order valence-corrected chi connectivity index (χ4v) is 2.33. The van der Waals surface area contributed by atoms with E-state index in [4.69, 9.17) is 39.5 Å². The quantitative estimate of drug-likeness (QED) is 0.294. The molecule has 0 unspecified atom stereocenters. The van der Waals surface area contributed by atoms with E-state index in [0.717, 1.165) is 4.47 Å². The maximum Gasteiger partial charge on any atom is 0.269 e. The predicted molar refractivity (Wildman–Crippen MR) is 99.4 cm³/mol. The molecule has 0 saturated heterocycles. The van der Waals surface area contributed by atoms with E-state index in [1.54, 1.807) is 24.3 Å². The van der Waals surface area contributed by atoms with Crippen LogP contribution < -0.4 is 10.1 Å². The zero-order valence-corrected chi connectivity index (χ0v) is 16.1. The minimum absolute atomic E-state index is 0.114. The summed E-state index contributed by atoms with van der Waals surface area (Å²) in [7, 11) is 0. The lowest BCUT2D eigenvalue weighted by Gasteiger charge is -2.26. The third-order valence-corrected chi connectivity index (χ3v) is 4.09. The molecule has 0 aliphatic heterocycles. The molecule has 0 saturated carbocycles. The summed E-state index contributed by atoms with van der Waals surface area (Å²) in [5, 5.41) is 13.1. The van der Waals surface area contributed by atoms with Crippen molar-refractivity contribution in [2.45, 2.75) is 10.0 Å². The van der Waals surface area contributed by atoms with Crippen LogP contribution in [0, 0.1) is 10.1 Å². The molecule has 1 atom stereocenters. The molecule has 0 radical (unpaired) electrons. The standard InChI is InChI=1S/C15H10BrCl3N2O4/c16-10-3-1-9(2-4-10)13(22)20-14(15(17,18)19)25-12-7-5-11(6-8-12)21(23)24/h1-8,14H,(H,20,22)/t14-/m0/s1. The van der Waals surface area contributed by atoms with E-state index in [0.29, 0.717) is 5.56 Å². The molecular weight excluding hydrogens is 458 g/mol. The van der Waals surface area contributed by atoms with Crippen LogP contribution in [0.5, 0.6) is 5.75 Å². The molecule has 2 rings (SSSR count). The van der Waals surface area contributed by atoms with Crippen LogP contribution in [0.15, 0.2) is 53.0 Å². The minimum atomic E-state index is -1.97. The van der Waals surface area contributed by atoms with Crippen molar-refractivity contribution in [2.24, 2.45) is 0 Å². The first-order valence-electron chi connectivity index (χ1n) is 6.71. The molecule has 0 bridgehead atoms. The molecule has 0 aliphatic rings. The molecule has 0 spiro atoms. The number of amides is 1. The van der Waals surface area contributed by atoms with E-state index in [1.807, 2.05) is 0 Å². The zero-order chi connectivity index (χ0) is 18.6. The Kier molecular flexibility index (Phi) is 6.51. The number of ether oxygens (including phenoxy) is 1. The van der Waals surface area contributed by atoms with Gasteiger partial charge in [-0.3, -0.25) is 14.9 Å². The predicted octanol–water partition coefficient (Wildman–Crippen LogP) is 4.86. The number of nitrogens with one attached hydrogen (secondary N) is 1. The Labute approximate surface area is 166 Å². The fraction of sp³-hybridized carbons (Fsp3) is 0.133. The van der Waals surface area contributed by atoms with Crippen LogP contribution in [0.4, 0.5) is 5.69 Å². The van der Waals surface area contributed by atoms with Gasteiger partial charge < -0.3 is 10.1 Å². The van der Waals surface area contributed by atoms with Gasteiger partial charge >= 0.3 is 0 Å². The molecule has 132 valence electrons. The Morgan fingerprint density at radius 1 is 1.12 bits per heavy atom. The van der Waals surface area contributed by atoms with Crippen molar-refractivity contribution in [3.8, 4) is 5.75 Å². The van der Waals surface area contributed by atoms with Crippen molar-refractivity contribution in [1.82, 2.24) is 5.32 Å². The number of non-ortho nitro benzene ring substituents is 1. The van der Waals surface area contributed by atoms with Crippen molar-refractivity contribution in [3.05, 3.63) is 68.7 Å². The molecule has 2 aromatic carbocycles. The van der Waals surface area contributed by atoms with Crippen LogP contribution in [0.25, 0.3) is 0 Å². The van der Waals surface area contributed by atoms with Crippen LogP contribution in [-0.2, 0) is 0 Å². The first-order valence-corrected chi connectivity index (χ1v) is 8.64. The largest absolute Gasteiger partial charge is 0.466 e. The van der Waals surface area contributed by atoms with Crippen molar-refractivity contribution < 1.29 is 14.5 Å². The molecule has 2 aromatic rings. The van der Waals surface area contributed by atoms with Crippen molar-refractivity contribution in [3.63, 3.8) is 0 Å². The highest BCUT2D eigenvalue weighted by molar-refractivity contribution is 9.10. The normalized spacial score (nSPS) is 12.3. The number of carbonyl (C=O) groups is 1. The third-order valence-electron chi connectivity index (χ3n) is 2.97. The Bertz CT molecular complexity index is 764. The van der Waals surface area contributed by atoms with E-state index in [-0.39, 0.29) is 11.4 Å². The van der Waals surface area contributed by atoms with E-state index in [1.165, 1.54) is 24.3 Å². The number of nitrogens with zero attached hydrogens (tertiary/aromatic N) is 1. The molecule has 6 nitrogen and oxygen atoms in total. The first-order chi connectivity index (χ1) is 11.7. The van der Waals surface area contributed by atoms with Gasteiger partial charge in [-0.25, -0.2) is 0 Å². The summed E-state index contributed by atoms with van der Waals surface area (Å²) in [6.45, 7) is 0. The number of rotatable bonds is 5. The van der Waals surface area contributed by atoms with Crippen molar-refractivity contribution >= 4 is 62.3 Å². The molecule has 0 aliphatic carbocycles. The van der Waals surface area contributed by atoms with Crippen LogP contribution in [0.3, 0.4) is 0 Å². The highest BCUT2D eigenvalue weighted by atomic mass is 79.9. The van der Waals surface area contributed by atoms with E-state index in [9.17, 15) is 14.9 Å². The van der Waals surface area contributed by atoms with Gasteiger partial charge in [0.2, 0.25) is 10.0 Å². The fourth-order valence-electron chi connectivity index (χ4n) is 1.76. The highest BCUT2D eigenvalue weighted by Crippen LogP contribution is 2.32. The topological polar surface area (TPSA) is 81.5 Å². The second-order valence-electron chi connectivity index (χ2n) is 4.77. The molecule has 10 heteroatoms. The van der Waals surface area contributed by atoms with Crippen LogP contribution >= 0.6 is 50.7 Å². The van der Waals surface area contributed by atoms with Gasteiger partial charge in [0.05, 0.1) is 4.92 Å². The summed E-state index contributed by atoms with van der Waals surface area (Å²) in [4.78, 5) is 22.4. The minimum Gasteiger partial charge on any atom is -0.466 e. The van der Waals surface area contributed by atoms with Crippen LogP contribution in [-0.4, -0.2) is 20.9 Å². The van der Waals surface area contributed by atoms with E-state index in [2.05, 4.69) is 21.2 Å².